The highest BCUT2D eigenvalue weighted by Gasteiger charge is 2.22. The molecule has 92 valence electrons. The molecule has 17 heavy (non-hydrogen) atoms. The molecule has 1 aromatic rings. The third-order valence-corrected chi connectivity index (χ3v) is 3.24. The van der Waals surface area contributed by atoms with Crippen LogP contribution in [0.5, 0.6) is 0 Å². The van der Waals surface area contributed by atoms with Crippen LogP contribution >= 0.6 is 0 Å². The van der Waals surface area contributed by atoms with Crippen LogP contribution in [0, 0.1) is 12.8 Å². The first-order chi connectivity index (χ1) is 8.11. The van der Waals surface area contributed by atoms with Gasteiger partial charge in [-0.25, -0.2) is 9.78 Å². The molecule has 2 rings (SSSR count). The number of carboxylic acid groups (broad SMARTS) is 1. The molecule has 0 amide bonds. The lowest BCUT2D eigenvalue weighted by Gasteiger charge is -2.18. The van der Waals surface area contributed by atoms with E-state index in [9.17, 15) is 4.79 Å². The number of anilines is 1. The predicted molar refractivity (Wildman–Crippen MR) is 65.3 cm³/mol. The molecule has 1 atom stereocenters. The molecular weight excluding hydrogens is 218 g/mol. The van der Waals surface area contributed by atoms with Crippen molar-refractivity contribution in [3.8, 4) is 0 Å². The third kappa shape index (κ3) is 2.39. The van der Waals surface area contributed by atoms with Crippen LogP contribution in [0.15, 0.2) is 12.1 Å². The van der Waals surface area contributed by atoms with Crippen LogP contribution in [0.25, 0.3) is 0 Å². The molecule has 0 aliphatic carbocycles. The summed E-state index contributed by atoms with van der Waals surface area (Å²) in [6, 6.07) is 3.39. The Bertz CT molecular complexity index is 434. The summed E-state index contributed by atoms with van der Waals surface area (Å²) in [7, 11) is 0. The van der Waals surface area contributed by atoms with Crippen molar-refractivity contribution in [3.05, 3.63) is 23.4 Å². The molecule has 5 heteroatoms. The van der Waals surface area contributed by atoms with Crippen molar-refractivity contribution in [2.24, 2.45) is 11.7 Å². The number of nitrogens with zero attached hydrogens (tertiary/aromatic N) is 2. The Labute approximate surface area is 100 Å². The fourth-order valence-corrected chi connectivity index (χ4v) is 2.18. The third-order valence-electron chi connectivity index (χ3n) is 3.24. The molecule has 0 bridgehead atoms. The molecule has 1 saturated heterocycles. The lowest BCUT2D eigenvalue weighted by molar-refractivity contribution is 0.0695. The average Bonchev–Trinajstić information content (AvgIpc) is 2.76. The zero-order valence-corrected chi connectivity index (χ0v) is 9.89. The van der Waals surface area contributed by atoms with Crippen molar-refractivity contribution in [1.29, 1.82) is 0 Å². The second-order valence-corrected chi connectivity index (χ2v) is 4.44. The number of aromatic nitrogens is 1. The number of nitrogens with two attached hydrogens (primary N) is 1. The van der Waals surface area contributed by atoms with Gasteiger partial charge in [0.05, 0.1) is 11.3 Å². The van der Waals surface area contributed by atoms with Gasteiger partial charge in [-0.05, 0) is 37.9 Å². The summed E-state index contributed by atoms with van der Waals surface area (Å²) >= 11 is 0. The van der Waals surface area contributed by atoms with E-state index >= 15 is 0 Å². The minimum absolute atomic E-state index is 0.267. The number of aromatic carboxylic acids is 1. The van der Waals surface area contributed by atoms with Crippen molar-refractivity contribution in [2.75, 3.05) is 24.5 Å². The summed E-state index contributed by atoms with van der Waals surface area (Å²) in [6.45, 7) is 4.28. The Morgan fingerprint density at radius 1 is 1.65 bits per heavy atom. The van der Waals surface area contributed by atoms with E-state index in [-0.39, 0.29) is 5.56 Å². The number of carboxylic acids is 1. The normalized spacial score (nSPS) is 19.6. The van der Waals surface area contributed by atoms with Gasteiger partial charge in [0, 0.05) is 13.1 Å². The molecule has 0 aromatic carbocycles. The fraction of sp³-hybridized carbons (Fsp3) is 0.500. The summed E-state index contributed by atoms with van der Waals surface area (Å²) in [5, 5.41) is 8.93. The molecule has 1 aromatic heterocycles. The van der Waals surface area contributed by atoms with Gasteiger partial charge >= 0.3 is 5.97 Å². The van der Waals surface area contributed by atoms with Crippen LogP contribution in [0.4, 0.5) is 5.82 Å². The number of aryl methyl sites for hydroxylation is 1. The zero-order valence-electron chi connectivity index (χ0n) is 9.89. The van der Waals surface area contributed by atoms with Gasteiger partial charge in [0.25, 0.3) is 0 Å². The monoisotopic (exact) mass is 235 g/mol. The van der Waals surface area contributed by atoms with E-state index in [1.54, 1.807) is 19.1 Å². The van der Waals surface area contributed by atoms with Crippen LogP contribution in [0.3, 0.4) is 0 Å². The predicted octanol–water partition coefficient (Wildman–Crippen LogP) is 0.873. The maximum atomic E-state index is 10.9. The van der Waals surface area contributed by atoms with Gasteiger partial charge in [-0.15, -0.1) is 0 Å². The highest BCUT2D eigenvalue weighted by Crippen LogP contribution is 2.22. The molecule has 0 spiro atoms. The van der Waals surface area contributed by atoms with Gasteiger partial charge < -0.3 is 15.7 Å². The topological polar surface area (TPSA) is 79.5 Å². The molecule has 0 radical (unpaired) electrons. The number of rotatable bonds is 3. The molecule has 2 heterocycles. The first-order valence-corrected chi connectivity index (χ1v) is 5.77. The van der Waals surface area contributed by atoms with Gasteiger partial charge in [0.1, 0.15) is 5.82 Å². The molecule has 1 aliphatic heterocycles. The second-order valence-electron chi connectivity index (χ2n) is 4.44. The Balaban J connectivity index is 2.18. The van der Waals surface area contributed by atoms with Crippen LogP contribution < -0.4 is 10.6 Å². The Morgan fingerprint density at radius 2 is 2.41 bits per heavy atom. The number of carbonyl (C=O) groups is 1. The summed E-state index contributed by atoms with van der Waals surface area (Å²) in [5.74, 6) is 0.447. The average molecular weight is 235 g/mol. The largest absolute Gasteiger partial charge is 0.478 e. The summed E-state index contributed by atoms with van der Waals surface area (Å²) in [5.41, 5.74) is 6.47. The molecule has 5 nitrogen and oxygen atoms in total. The van der Waals surface area contributed by atoms with Crippen molar-refractivity contribution >= 4 is 11.8 Å². The standard InChI is InChI=1S/C12H17N3O2/c1-8-10(12(16)17)2-3-11(14-8)15-5-4-9(6-13)7-15/h2-3,9H,4-7,13H2,1H3,(H,16,17). The van der Waals surface area contributed by atoms with E-state index in [4.69, 9.17) is 10.8 Å². The van der Waals surface area contributed by atoms with Crippen molar-refractivity contribution in [3.63, 3.8) is 0 Å². The first-order valence-electron chi connectivity index (χ1n) is 5.77. The van der Waals surface area contributed by atoms with Gasteiger partial charge in [-0.1, -0.05) is 0 Å². The van der Waals surface area contributed by atoms with E-state index in [1.807, 2.05) is 0 Å². The number of hydrogen-bond acceptors (Lipinski definition) is 4. The molecule has 1 aliphatic rings. The van der Waals surface area contributed by atoms with Crippen molar-refractivity contribution in [1.82, 2.24) is 4.98 Å². The quantitative estimate of drug-likeness (QED) is 0.812. The summed E-state index contributed by atoms with van der Waals surface area (Å²) < 4.78 is 0. The molecule has 1 fully saturated rings. The van der Waals surface area contributed by atoms with E-state index in [1.165, 1.54) is 0 Å². The van der Waals surface area contributed by atoms with E-state index < -0.39 is 5.97 Å². The van der Waals surface area contributed by atoms with Gasteiger partial charge in [-0.2, -0.15) is 0 Å². The minimum atomic E-state index is -0.928. The van der Waals surface area contributed by atoms with Crippen LogP contribution in [-0.2, 0) is 0 Å². The van der Waals surface area contributed by atoms with Crippen molar-refractivity contribution in [2.45, 2.75) is 13.3 Å². The maximum absolute atomic E-state index is 10.9. The molecule has 3 N–H and O–H groups in total. The Kier molecular flexibility index (Phi) is 3.28. The molecule has 1 unspecified atom stereocenters. The molecule has 0 saturated carbocycles. The highest BCUT2D eigenvalue weighted by molar-refractivity contribution is 5.89. The fourth-order valence-electron chi connectivity index (χ4n) is 2.18. The maximum Gasteiger partial charge on any atom is 0.337 e. The van der Waals surface area contributed by atoms with E-state index in [2.05, 4.69) is 9.88 Å². The van der Waals surface area contributed by atoms with Gasteiger partial charge in [0.15, 0.2) is 0 Å². The first kappa shape index (κ1) is 11.9. The van der Waals surface area contributed by atoms with E-state index in [0.29, 0.717) is 18.2 Å². The van der Waals surface area contributed by atoms with Gasteiger partial charge in [0.2, 0.25) is 0 Å². The molecular formula is C12H17N3O2. The van der Waals surface area contributed by atoms with Crippen LogP contribution in [-0.4, -0.2) is 35.7 Å². The number of hydrogen-bond donors (Lipinski definition) is 2. The lowest BCUT2D eigenvalue weighted by atomic mass is 10.1. The summed E-state index contributed by atoms with van der Waals surface area (Å²) in [4.78, 5) is 17.4. The van der Waals surface area contributed by atoms with Crippen molar-refractivity contribution < 1.29 is 9.90 Å². The SMILES string of the molecule is Cc1nc(N2CCC(CN)C2)ccc1C(=O)O. The summed E-state index contributed by atoms with van der Waals surface area (Å²) in [6.07, 6.45) is 1.08. The van der Waals surface area contributed by atoms with Gasteiger partial charge in [-0.3, -0.25) is 0 Å². The minimum Gasteiger partial charge on any atom is -0.478 e. The smallest absolute Gasteiger partial charge is 0.337 e. The lowest BCUT2D eigenvalue weighted by Crippen LogP contribution is -2.23. The second kappa shape index (κ2) is 4.71. The van der Waals surface area contributed by atoms with E-state index in [0.717, 1.165) is 25.3 Å². The Morgan fingerprint density at radius 3 is 2.94 bits per heavy atom. The zero-order chi connectivity index (χ0) is 12.4. The highest BCUT2D eigenvalue weighted by atomic mass is 16.4. The van der Waals surface area contributed by atoms with Crippen LogP contribution in [0.2, 0.25) is 0 Å². The number of pyridine rings is 1. The van der Waals surface area contributed by atoms with Crippen LogP contribution in [0.1, 0.15) is 22.5 Å². The Hall–Kier alpha value is -1.62.